The Morgan fingerprint density at radius 3 is 2.47 bits per heavy atom. The molecule has 0 spiro atoms. The van der Waals surface area contributed by atoms with Crippen molar-refractivity contribution in [3.8, 4) is 0 Å². The summed E-state index contributed by atoms with van der Waals surface area (Å²) in [5, 5.41) is 0.660. The number of aryl methyl sites for hydroxylation is 1. The highest BCUT2D eigenvalue weighted by Crippen LogP contribution is 2.27. The van der Waals surface area contributed by atoms with E-state index in [0.717, 1.165) is 12.0 Å². The van der Waals surface area contributed by atoms with Gasteiger partial charge >= 0.3 is 0 Å². The van der Waals surface area contributed by atoms with Crippen LogP contribution in [0, 0.1) is 12.3 Å². The molecule has 82 valence electrons. The van der Waals surface area contributed by atoms with Crippen LogP contribution in [0.4, 0.5) is 0 Å². The number of carbonyl (C=O) groups is 1. The van der Waals surface area contributed by atoms with Gasteiger partial charge in [-0.3, -0.25) is 4.79 Å². The Bertz CT molecular complexity index is 380. The Hall–Kier alpha value is -0.820. The number of Topliss-reactive ketones (excluding diaryl/α,β-unsaturated/α-hetero) is 1. The van der Waals surface area contributed by atoms with Crippen LogP contribution in [0.25, 0.3) is 0 Å². The fraction of sp³-hybridized carbons (Fsp3) is 0.462. The molecule has 0 amide bonds. The van der Waals surface area contributed by atoms with Crippen molar-refractivity contribution in [1.29, 1.82) is 0 Å². The number of rotatable bonds is 3. The molecular weight excluding hydrogens is 208 g/mol. The highest BCUT2D eigenvalue weighted by Gasteiger charge is 2.26. The van der Waals surface area contributed by atoms with E-state index in [4.69, 9.17) is 11.6 Å². The summed E-state index contributed by atoms with van der Waals surface area (Å²) >= 11 is 6.00. The van der Waals surface area contributed by atoms with Crippen molar-refractivity contribution in [1.82, 2.24) is 0 Å². The lowest BCUT2D eigenvalue weighted by Gasteiger charge is -2.21. The van der Waals surface area contributed by atoms with Crippen molar-refractivity contribution >= 4 is 17.4 Å². The number of hydrogen-bond donors (Lipinski definition) is 0. The summed E-state index contributed by atoms with van der Waals surface area (Å²) in [5.41, 5.74) is 1.40. The molecule has 1 aromatic rings. The largest absolute Gasteiger partial charge is 0.294 e. The Balaban J connectivity index is 3.08. The smallest absolute Gasteiger partial charge is 0.168 e. The third kappa shape index (κ3) is 2.60. The second-order valence-electron chi connectivity index (χ2n) is 4.53. The Kier molecular flexibility index (Phi) is 3.56. The van der Waals surface area contributed by atoms with Crippen LogP contribution in [0.2, 0.25) is 5.02 Å². The van der Waals surface area contributed by atoms with E-state index >= 15 is 0 Å². The van der Waals surface area contributed by atoms with Gasteiger partial charge in [-0.2, -0.15) is 0 Å². The van der Waals surface area contributed by atoms with Crippen molar-refractivity contribution in [3.63, 3.8) is 0 Å². The van der Waals surface area contributed by atoms with Gasteiger partial charge in [-0.15, -0.1) is 0 Å². The quantitative estimate of drug-likeness (QED) is 0.701. The van der Waals surface area contributed by atoms with Gasteiger partial charge in [0.2, 0.25) is 0 Å². The van der Waals surface area contributed by atoms with E-state index in [-0.39, 0.29) is 11.2 Å². The first kappa shape index (κ1) is 12.3. The molecule has 0 radical (unpaired) electrons. The number of halogens is 1. The number of ketones is 1. The molecule has 0 saturated carbocycles. The molecule has 0 atom stereocenters. The van der Waals surface area contributed by atoms with Crippen molar-refractivity contribution in [2.75, 3.05) is 0 Å². The third-order valence-electron chi connectivity index (χ3n) is 2.93. The van der Waals surface area contributed by atoms with E-state index in [1.807, 2.05) is 39.8 Å². The summed E-state index contributed by atoms with van der Waals surface area (Å²) in [6.45, 7) is 7.88. The van der Waals surface area contributed by atoms with E-state index in [1.54, 1.807) is 6.07 Å². The van der Waals surface area contributed by atoms with Crippen molar-refractivity contribution in [3.05, 3.63) is 34.3 Å². The van der Waals surface area contributed by atoms with Gasteiger partial charge in [0.15, 0.2) is 5.78 Å². The van der Waals surface area contributed by atoms with Gasteiger partial charge in [0.1, 0.15) is 0 Å². The molecule has 2 heteroatoms. The van der Waals surface area contributed by atoms with Crippen LogP contribution >= 0.6 is 11.6 Å². The lowest BCUT2D eigenvalue weighted by Crippen LogP contribution is -2.23. The number of carbonyl (C=O) groups excluding carboxylic acids is 1. The lowest BCUT2D eigenvalue weighted by molar-refractivity contribution is 0.0833. The standard InChI is InChI=1S/C13H17ClO/c1-5-13(3,4)12(15)10-7-6-9(2)11(14)8-10/h6-8H,5H2,1-4H3. The molecular formula is C13H17ClO. The fourth-order valence-corrected chi connectivity index (χ4v) is 1.47. The molecule has 0 heterocycles. The van der Waals surface area contributed by atoms with Gasteiger partial charge in [-0.25, -0.2) is 0 Å². The lowest BCUT2D eigenvalue weighted by atomic mass is 9.82. The molecule has 0 saturated heterocycles. The first-order valence-electron chi connectivity index (χ1n) is 5.19. The molecule has 0 aliphatic rings. The zero-order chi connectivity index (χ0) is 11.6. The molecule has 0 aliphatic carbocycles. The zero-order valence-electron chi connectivity index (χ0n) is 9.73. The molecule has 0 aromatic heterocycles. The van der Waals surface area contributed by atoms with E-state index in [0.29, 0.717) is 10.6 Å². The van der Waals surface area contributed by atoms with E-state index < -0.39 is 0 Å². The van der Waals surface area contributed by atoms with Crippen LogP contribution in [0.15, 0.2) is 18.2 Å². The average molecular weight is 225 g/mol. The summed E-state index contributed by atoms with van der Waals surface area (Å²) < 4.78 is 0. The van der Waals surface area contributed by atoms with Crippen LogP contribution in [0.5, 0.6) is 0 Å². The second-order valence-corrected chi connectivity index (χ2v) is 4.94. The Morgan fingerprint density at radius 2 is 2.00 bits per heavy atom. The summed E-state index contributed by atoms with van der Waals surface area (Å²) in [6.07, 6.45) is 0.831. The maximum absolute atomic E-state index is 12.1. The molecule has 15 heavy (non-hydrogen) atoms. The van der Waals surface area contributed by atoms with Gasteiger partial charge in [0.05, 0.1) is 0 Å². The normalized spacial score (nSPS) is 11.5. The summed E-state index contributed by atoms with van der Waals surface area (Å²) in [7, 11) is 0. The first-order chi connectivity index (χ1) is 6.88. The predicted octanol–water partition coefficient (Wildman–Crippen LogP) is 4.27. The first-order valence-corrected chi connectivity index (χ1v) is 5.57. The molecule has 0 fully saturated rings. The zero-order valence-corrected chi connectivity index (χ0v) is 10.5. The SMILES string of the molecule is CCC(C)(C)C(=O)c1ccc(C)c(Cl)c1. The highest BCUT2D eigenvalue weighted by atomic mass is 35.5. The van der Waals surface area contributed by atoms with E-state index in [9.17, 15) is 4.79 Å². The van der Waals surface area contributed by atoms with Crippen LogP contribution < -0.4 is 0 Å². The minimum absolute atomic E-state index is 0.159. The average Bonchev–Trinajstić information content (AvgIpc) is 2.21. The van der Waals surface area contributed by atoms with Crippen molar-refractivity contribution in [2.24, 2.45) is 5.41 Å². The number of benzene rings is 1. The topological polar surface area (TPSA) is 17.1 Å². The highest BCUT2D eigenvalue weighted by molar-refractivity contribution is 6.31. The van der Waals surface area contributed by atoms with Gasteiger partial charge in [-0.05, 0) is 25.0 Å². The number of hydrogen-bond acceptors (Lipinski definition) is 1. The van der Waals surface area contributed by atoms with Crippen LogP contribution in [-0.2, 0) is 0 Å². The molecule has 1 aromatic carbocycles. The van der Waals surface area contributed by atoms with Gasteiger partial charge in [0, 0.05) is 16.0 Å². The Labute approximate surface area is 96.5 Å². The maximum atomic E-state index is 12.1. The minimum atomic E-state index is -0.307. The molecule has 0 bridgehead atoms. The molecule has 0 unspecified atom stereocenters. The van der Waals surface area contributed by atoms with Crippen molar-refractivity contribution < 1.29 is 4.79 Å². The molecule has 0 aliphatic heterocycles. The minimum Gasteiger partial charge on any atom is -0.294 e. The molecule has 1 nitrogen and oxygen atoms in total. The van der Waals surface area contributed by atoms with E-state index in [2.05, 4.69) is 0 Å². The van der Waals surface area contributed by atoms with Gasteiger partial charge < -0.3 is 0 Å². The molecule has 1 rings (SSSR count). The van der Waals surface area contributed by atoms with Crippen LogP contribution in [0.3, 0.4) is 0 Å². The Morgan fingerprint density at radius 1 is 1.40 bits per heavy atom. The summed E-state index contributed by atoms with van der Waals surface area (Å²) in [4.78, 5) is 12.1. The van der Waals surface area contributed by atoms with Gasteiger partial charge in [-0.1, -0.05) is 44.5 Å². The third-order valence-corrected chi connectivity index (χ3v) is 3.34. The van der Waals surface area contributed by atoms with E-state index in [1.165, 1.54) is 0 Å². The van der Waals surface area contributed by atoms with Gasteiger partial charge in [0.25, 0.3) is 0 Å². The van der Waals surface area contributed by atoms with Crippen molar-refractivity contribution in [2.45, 2.75) is 34.1 Å². The monoisotopic (exact) mass is 224 g/mol. The summed E-state index contributed by atoms with van der Waals surface area (Å²) in [5.74, 6) is 0.159. The second kappa shape index (κ2) is 4.36. The van der Waals surface area contributed by atoms with Crippen LogP contribution in [-0.4, -0.2) is 5.78 Å². The van der Waals surface area contributed by atoms with Crippen LogP contribution in [0.1, 0.15) is 43.1 Å². The molecule has 0 N–H and O–H groups in total. The summed E-state index contributed by atoms with van der Waals surface area (Å²) in [6, 6.07) is 5.50. The fourth-order valence-electron chi connectivity index (χ4n) is 1.29. The predicted molar refractivity (Wildman–Crippen MR) is 64.6 cm³/mol. The maximum Gasteiger partial charge on any atom is 0.168 e.